The minimum Gasteiger partial charge on any atom is -0.344 e. The third-order valence-electron chi connectivity index (χ3n) is 4.70. The van der Waals surface area contributed by atoms with Crippen molar-refractivity contribution in [1.82, 2.24) is 25.5 Å². The number of H-pyrrole nitrogens is 1. The first-order chi connectivity index (χ1) is 13.1. The lowest BCUT2D eigenvalue weighted by Gasteiger charge is -2.25. The average molecular weight is 361 g/mol. The maximum Gasteiger partial charge on any atom is 0.269 e. The van der Waals surface area contributed by atoms with Crippen LogP contribution in [0.1, 0.15) is 58.0 Å². The summed E-state index contributed by atoms with van der Waals surface area (Å²) in [6.07, 6.45) is 4.43. The summed E-state index contributed by atoms with van der Waals surface area (Å²) >= 11 is 0. The summed E-state index contributed by atoms with van der Waals surface area (Å²) in [7, 11) is 0. The molecule has 1 aliphatic rings. The molecule has 2 N–H and O–H groups in total. The van der Waals surface area contributed by atoms with Crippen LogP contribution in [0.3, 0.4) is 0 Å². The summed E-state index contributed by atoms with van der Waals surface area (Å²) in [4.78, 5) is 33.1. The first-order valence-electron chi connectivity index (χ1n) is 8.90. The molecule has 3 aromatic rings. The number of carbonyl (C=O) groups excluding carboxylic acids is 2. The molecule has 1 unspecified atom stereocenters. The fourth-order valence-corrected chi connectivity index (χ4v) is 3.28. The maximum absolute atomic E-state index is 12.5. The Morgan fingerprint density at radius 2 is 2.04 bits per heavy atom. The van der Waals surface area contributed by atoms with Crippen LogP contribution in [0.25, 0.3) is 11.4 Å². The number of hydrogen-bond acceptors (Lipinski definition) is 5. The number of aryl methyl sites for hydroxylation is 1. The Hall–Kier alpha value is -3.35. The van der Waals surface area contributed by atoms with Crippen LogP contribution in [-0.4, -0.2) is 31.9 Å². The molecule has 1 atom stereocenters. The monoisotopic (exact) mass is 361 g/mol. The van der Waals surface area contributed by atoms with Crippen molar-refractivity contribution in [1.29, 1.82) is 0 Å². The lowest BCUT2D eigenvalue weighted by molar-refractivity contribution is 0.0927. The van der Waals surface area contributed by atoms with E-state index in [1.54, 1.807) is 0 Å². The van der Waals surface area contributed by atoms with Crippen molar-refractivity contribution < 1.29 is 9.59 Å². The van der Waals surface area contributed by atoms with E-state index in [0.717, 1.165) is 36.1 Å². The van der Waals surface area contributed by atoms with Crippen molar-refractivity contribution in [2.75, 3.05) is 0 Å². The van der Waals surface area contributed by atoms with Gasteiger partial charge >= 0.3 is 0 Å². The van der Waals surface area contributed by atoms with Crippen LogP contribution in [-0.2, 0) is 6.42 Å². The molecule has 0 aliphatic heterocycles. The molecule has 2 aromatic heterocycles. The topological polar surface area (TPSA) is 101 Å². The fourth-order valence-electron chi connectivity index (χ4n) is 3.28. The second-order valence-corrected chi connectivity index (χ2v) is 6.60. The van der Waals surface area contributed by atoms with Gasteiger partial charge < -0.3 is 5.32 Å². The number of aromatic nitrogens is 4. The summed E-state index contributed by atoms with van der Waals surface area (Å²) in [6, 6.07) is 11.2. The fraction of sp³-hybridized carbons (Fsp3) is 0.250. The summed E-state index contributed by atoms with van der Waals surface area (Å²) in [5.41, 5.74) is 3.41. The van der Waals surface area contributed by atoms with Crippen LogP contribution in [0.15, 0.2) is 42.6 Å². The van der Waals surface area contributed by atoms with Crippen LogP contribution < -0.4 is 5.32 Å². The standard InChI is InChI=1S/C20H19N5O2/c1-12(26)17-10-18(25-24-17)20(27)23-16-9-5-8-15-14(16)11-21-19(22-15)13-6-3-2-4-7-13/h2-4,6-7,10-11,16H,5,8-9H2,1H3,(H,23,27)(H,24,25). The predicted molar refractivity (Wildman–Crippen MR) is 99.2 cm³/mol. The zero-order valence-corrected chi connectivity index (χ0v) is 14.9. The number of Topliss-reactive ketones (excluding diaryl/α,β-unsaturated/α-hetero) is 1. The lowest BCUT2D eigenvalue weighted by Crippen LogP contribution is -2.31. The molecule has 136 valence electrons. The number of benzene rings is 1. The Kier molecular flexibility index (Phi) is 4.50. The molecule has 0 spiro atoms. The van der Waals surface area contributed by atoms with Gasteiger partial charge in [-0.1, -0.05) is 30.3 Å². The quantitative estimate of drug-likeness (QED) is 0.696. The van der Waals surface area contributed by atoms with E-state index in [9.17, 15) is 9.59 Å². The first-order valence-corrected chi connectivity index (χ1v) is 8.90. The molecular formula is C20H19N5O2. The molecule has 0 radical (unpaired) electrons. The van der Waals surface area contributed by atoms with Crippen LogP contribution in [0.2, 0.25) is 0 Å². The molecule has 7 heteroatoms. The molecular weight excluding hydrogens is 342 g/mol. The second-order valence-electron chi connectivity index (χ2n) is 6.60. The number of carbonyl (C=O) groups is 2. The van der Waals surface area contributed by atoms with E-state index in [-0.39, 0.29) is 29.1 Å². The van der Waals surface area contributed by atoms with Gasteiger partial charge in [-0.2, -0.15) is 5.10 Å². The normalized spacial score (nSPS) is 15.8. The average Bonchev–Trinajstić information content (AvgIpc) is 3.19. The van der Waals surface area contributed by atoms with Crippen LogP contribution in [0.4, 0.5) is 0 Å². The highest BCUT2D eigenvalue weighted by molar-refractivity contribution is 5.97. The van der Waals surface area contributed by atoms with Gasteiger partial charge in [0.05, 0.1) is 6.04 Å². The number of rotatable bonds is 4. The molecule has 0 bridgehead atoms. The highest BCUT2D eigenvalue weighted by atomic mass is 16.2. The molecule has 1 amide bonds. The van der Waals surface area contributed by atoms with Gasteiger partial charge in [-0.3, -0.25) is 14.7 Å². The smallest absolute Gasteiger partial charge is 0.269 e. The molecule has 0 saturated carbocycles. The Labute approximate surface area is 156 Å². The van der Waals surface area contributed by atoms with Gasteiger partial charge in [-0.05, 0) is 25.3 Å². The van der Waals surface area contributed by atoms with Gasteiger partial charge in [-0.25, -0.2) is 9.97 Å². The Balaban J connectivity index is 1.56. The van der Waals surface area contributed by atoms with E-state index in [2.05, 4.69) is 20.5 Å². The van der Waals surface area contributed by atoms with Crippen molar-refractivity contribution in [2.45, 2.75) is 32.2 Å². The van der Waals surface area contributed by atoms with E-state index < -0.39 is 0 Å². The van der Waals surface area contributed by atoms with Gasteiger partial charge in [0.1, 0.15) is 11.4 Å². The van der Waals surface area contributed by atoms with Gasteiger partial charge in [0.2, 0.25) is 0 Å². The molecule has 1 aromatic carbocycles. The third kappa shape index (κ3) is 3.48. The van der Waals surface area contributed by atoms with Crippen LogP contribution in [0, 0.1) is 0 Å². The largest absolute Gasteiger partial charge is 0.344 e. The highest BCUT2D eigenvalue weighted by Crippen LogP contribution is 2.29. The lowest BCUT2D eigenvalue weighted by atomic mass is 9.92. The molecule has 27 heavy (non-hydrogen) atoms. The number of nitrogens with zero attached hydrogens (tertiary/aromatic N) is 3. The van der Waals surface area contributed by atoms with E-state index >= 15 is 0 Å². The second kappa shape index (κ2) is 7.11. The van der Waals surface area contributed by atoms with Crippen molar-refractivity contribution in [3.05, 3.63) is 65.2 Å². The zero-order chi connectivity index (χ0) is 18.8. The number of ketones is 1. The Morgan fingerprint density at radius 1 is 1.22 bits per heavy atom. The van der Waals surface area contributed by atoms with Crippen molar-refractivity contribution >= 4 is 11.7 Å². The van der Waals surface area contributed by atoms with Crippen molar-refractivity contribution in [3.8, 4) is 11.4 Å². The summed E-state index contributed by atoms with van der Waals surface area (Å²) < 4.78 is 0. The van der Waals surface area contributed by atoms with Gasteiger partial charge in [0, 0.05) is 29.9 Å². The van der Waals surface area contributed by atoms with Gasteiger partial charge in [-0.15, -0.1) is 0 Å². The Bertz CT molecular complexity index is 997. The molecule has 7 nitrogen and oxygen atoms in total. The number of aromatic amines is 1. The minimum absolute atomic E-state index is 0.157. The Morgan fingerprint density at radius 3 is 2.78 bits per heavy atom. The number of fused-ring (bicyclic) bond motifs is 1. The molecule has 0 saturated heterocycles. The number of nitrogens with one attached hydrogen (secondary N) is 2. The van der Waals surface area contributed by atoms with Crippen molar-refractivity contribution in [3.63, 3.8) is 0 Å². The summed E-state index contributed by atoms with van der Waals surface area (Å²) in [5, 5.41) is 9.48. The van der Waals surface area contributed by atoms with Crippen LogP contribution in [0.5, 0.6) is 0 Å². The molecule has 2 heterocycles. The van der Waals surface area contributed by atoms with E-state index in [1.807, 2.05) is 36.5 Å². The summed E-state index contributed by atoms with van der Waals surface area (Å²) in [6.45, 7) is 1.41. The van der Waals surface area contributed by atoms with E-state index in [4.69, 9.17) is 4.98 Å². The SMILES string of the molecule is CC(=O)c1cc(C(=O)NC2CCCc3nc(-c4ccccc4)ncc32)[nH]n1. The highest BCUT2D eigenvalue weighted by Gasteiger charge is 2.25. The van der Waals surface area contributed by atoms with Crippen LogP contribution >= 0.6 is 0 Å². The van der Waals surface area contributed by atoms with Gasteiger partial charge in [0.15, 0.2) is 11.6 Å². The zero-order valence-electron chi connectivity index (χ0n) is 14.9. The predicted octanol–water partition coefficient (Wildman–Crippen LogP) is 2.88. The third-order valence-corrected chi connectivity index (χ3v) is 4.70. The molecule has 0 fully saturated rings. The van der Waals surface area contributed by atoms with E-state index in [1.165, 1.54) is 13.0 Å². The number of amides is 1. The first kappa shape index (κ1) is 17.1. The van der Waals surface area contributed by atoms with Gasteiger partial charge in [0.25, 0.3) is 5.91 Å². The van der Waals surface area contributed by atoms with Crippen molar-refractivity contribution in [2.24, 2.45) is 0 Å². The van der Waals surface area contributed by atoms with E-state index in [0.29, 0.717) is 5.82 Å². The maximum atomic E-state index is 12.5. The molecule has 4 rings (SSSR count). The summed E-state index contributed by atoms with van der Waals surface area (Å²) in [5.74, 6) is 0.219. The number of hydrogen-bond donors (Lipinski definition) is 2. The molecule has 1 aliphatic carbocycles. The minimum atomic E-state index is -0.292.